The smallest absolute Gasteiger partial charge is 0.106 e. The molecule has 0 radical (unpaired) electrons. The molecule has 35 heavy (non-hydrogen) atoms. The van der Waals surface area contributed by atoms with Gasteiger partial charge in [-0.15, -0.1) is 12.8 Å². The molecule has 0 atom stereocenters. The fourth-order valence-electron chi connectivity index (χ4n) is 2.84. The van der Waals surface area contributed by atoms with Crippen LogP contribution in [-0.2, 0) is 4.79 Å². The van der Waals surface area contributed by atoms with E-state index in [1.54, 1.807) is 0 Å². The second-order valence-corrected chi connectivity index (χ2v) is 6.47. The third kappa shape index (κ3) is 10.4. The number of aromatic nitrogens is 2. The molecule has 3 aromatic carbocycles. The minimum atomic E-state index is 0.730. The van der Waals surface area contributed by atoms with Gasteiger partial charge in [0.05, 0.1) is 17.1 Å². The molecule has 2 N–H and O–H groups in total. The first-order valence-electron chi connectivity index (χ1n) is 11.4. The molecule has 1 aromatic heterocycles. The third-order valence-corrected chi connectivity index (χ3v) is 4.45. The van der Waals surface area contributed by atoms with Gasteiger partial charge in [0, 0.05) is 16.1 Å². The Balaban J connectivity index is 0. The summed E-state index contributed by atoms with van der Waals surface area (Å²) < 4.78 is 1.99. The summed E-state index contributed by atoms with van der Waals surface area (Å²) in [5.41, 5.74) is 10.9. The van der Waals surface area contributed by atoms with Gasteiger partial charge in [-0.1, -0.05) is 99.5 Å². The van der Waals surface area contributed by atoms with Crippen LogP contribution in [0.3, 0.4) is 0 Å². The highest BCUT2D eigenvalue weighted by molar-refractivity contribution is 6.30. The maximum Gasteiger partial charge on any atom is 0.106 e. The summed E-state index contributed by atoms with van der Waals surface area (Å²) in [4.78, 5) is 8.00. The lowest BCUT2D eigenvalue weighted by atomic mass is 10.1. The number of nitrogens with zero attached hydrogens (tertiary/aromatic N) is 2. The number of nitrogens with two attached hydrogens (primary N) is 1. The van der Waals surface area contributed by atoms with Gasteiger partial charge in [0.25, 0.3) is 0 Å². The zero-order chi connectivity index (χ0) is 27.2. The van der Waals surface area contributed by atoms with E-state index in [-0.39, 0.29) is 0 Å². The molecular weight excluding hydrogens is 454 g/mol. The number of carbonyl (C=O) groups is 1. The summed E-state index contributed by atoms with van der Waals surface area (Å²) in [6, 6.07) is 28.6. The van der Waals surface area contributed by atoms with Gasteiger partial charge in [0.2, 0.25) is 0 Å². The fraction of sp³-hybridized carbons (Fsp3) is 0.200. The molecule has 0 spiro atoms. The average Bonchev–Trinajstić information content (AvgIpc) is 3.41. The summed E-state index contributed by atoms with van der Waals surface area (Å²) in [5.74, 6) is 0. The maximum absolute atomic E-state index is 8.00. The lowest BCUT2D eigenvalue weighted by Gasteiger charge is -2.08. The van der Waals surface area contributed by atoms with E-state index < -0.39 is 0 Å². The van der Waals surface area contributed by atoms with Crippen LogP contribution >= 0.6 is 11.6 Å². The van der Waals surface area contributed by atoms with Crippen molar-refractivity contribution in [1.29, 1.82) is 0 Å². The molecular formula is C30H38ClN3O. The van der Waals surface area contributed by atoms with Crippen molar-refractivity contribution in [2.24, 2.45) is 5.73 Å². The molecule has 4 rings (SSSR count). The molecule has 0 aliphatic carbocycles. The van der Waals surface area contributed by atoms with E-state index in [0.717, 1.165) is 33.2 Å². The number of benzene rings is 3. The lowest BCUT2D eigenvalue weighted by molar-refractivity contribution is -0.0979. The highest BCUT2D eigenvalue weighted by atomic mass is 35.5. The second-order valence-electron chi connectivity index (χ2n) is 6.04. The van der Waals surface area contributed by atoms with Gasteiger partial charge in [-0.25, -0.2) is 4.68 Å². The predicted molar refractivity (Wildman–Crippen MR) is 154 cm³/mol. The van der Waals surface area contributed by atoms with Crippen molar-refractivity contribution in [3.8, 4) is 41.0 Å². The molecule has 0 aliphatic rings. The SMILES string of the molecule is C#C.C=O.CC.CC.CN.Cc1ccc(-n2nc(-c3ccccc3)cc2-c2ccc(Cl)cc2)cc1. The quantitative estimate of drug-likeness (QED) is 0.296. The highest BCUT2D eigenvalue weighted by Crippen LogP contribution is 2.29. The van der Waals surface area contributed by atoms with Crippen LogP contribution in [0, 0.1) is 19.8 Å². The minimum Gasteiger partial charge on any atom is -0.333 e. The van der Waals surface area contributed by atoms with Crippen LogP contribution in [0.25, 0.3) is 28.2 Å². The molecule has 0 amide bonds. The van der Waals surface area contributed by atoms with Crippen LogP contribution in [0.1, 0.15) is 33.3 Å². The third-order valence-electron chi connectivity index (χ3n) is 4.20. The Morgan fingerprint density at radius 1 is 0.771 bits per heavy atom. The Morgan fingerprint density at radius 2 is 1.26 bits per heavy atom. The number of carbonyl (C=O) groups excluding carboxylic acids is 1. The zero-order valence-corrected chi connectivity index (χ0v) is 22.5. The van der Waals surface area contributed by atoms with Crippen LogP contribution < -0.4 is 5.73 Å². The summed E-state index contributed by atoms with van der Waals surface area (Å²) in [5, 5.41) is 5.59. The summed E-state index contributed by atoms with van der Waals surface area (Å²) in [7, 11) is 1.50. The first-order chi connectivity index (χ1) is 17.2. The molecule has 0 fully saturated rings. The van der Waals surface area contributed by atoms with Gasteiger partial charge in [-0.05, 0) is 44.3 Å². The average molecular weight is 492 g/mol. The van der Waals surface area contributed by atoms with Gasteiger partial charge >= 0.3 is 0 Å². The molecule has 0 bridgehead atoms. The van der Waals surface area contributed by atoms with Crippen LogP contribution in [0.4, 0.5) is 0 Å². The van der Waals surface area contributed by atoms with Crippen molar-refractivity contribution >= 4 is 18.4 Å². The van der Waals surface area contributed by atoms with Crippen molar-refractivity contribution in [2.45, 2.75) is 34.6 Å². The van der Waals surface area contributed by atoms with Crippen LogP contribution in [-0.4, -0.2) is 23.6 Å². The summed E-state index contributed by atoms with van der Waals surface area (Å²) in [6.45, 7) is 12.1. The van der Waals surface area contributed by atoms with Gasteiger partial charge in [-0.3, -0.25) is 0 Å². The Bertz CT molecular complexity index is 991. The van der Waals surface area contributed by atoms with E-state index in [9.17, 15) is 0 Å². The highest BCUT2D eigenvalue weighted by Gasteiger charge is 2.13. The van der Waals surface area contributed by atoms with Crippen molar-refractivity contribution in [3.63, 3.8) is 0 Å². The number of hydrogen-bond acceptors (Lipinski definition) is 3. The largest absolute Gasteiger partial charge is 0.333 e. The topological polar surface area (TPSA) is 60.9 Å². The standard InChI is InChI=1S/C22H17ClN2.2C2H6.C2H2.CH5N.CH2O/c1-16-7-13-20(14-8-16)25-22(18-9-11-19(23)12-10-18)15-21(24-25)17-5-3-2-4-6-17;5*1-2/h2-15H,1H3;2*1-2H3;1-2H;2H2,1H3;1H2. The van der Waals surface area contributed by atoms with Gasteiger partial charge in [0.15, 0.2) is 0 Å². The molecule has 1 heterocycles. The van der Waals surface area contributed by atoms with E-state index in [1.807, 2.05) is 81.6 Å². The molecule has 4 nitrogen and oxygen atoms in total. The van der Waals surface area contributed by atoms with Crippen molar-refractivity contribution in [1.82, 2.24) is 9.78 Å². The van der Waals surface area contributed by atoms with Gasteiger partial charge in [0.1, 0.15) is 6.79 Å². The monoisotopic (exact) mass is 491 g/mol. The van der Waals surface area contributed by atoms with Gasteiger partial charge < -0.3 is 10.5 Å². The number of halogens is 1. The number of rotatable bonds is 3. The lowest BCUT2D eigenvalue weighted by Crippen LogP contribution is -1.99. The fourth-order valence-corrected chi connectivity index (χ4v) is 2.97. The number of terminal acetylenes is 1. The molecule has 0 saturated heterocycles. The minimum absolute atomic E-state index is 0.730. The molecule has 4 aromatic rings. The second kappa shape index (κ2) is 20.9. The molecule has 186 valence electrons. The van der Waals surface area contributed by atoms with E-state index in [0.29, 0.717) is 0 Å². The van der Waals surface area contributed by atoms with E-state index in [4.69, 9.17) is 21.5 Å². The Kier molecular flexibility index (Phi) is 20.0. The number of aryl methyl sites for hydroxylation is 1. The van der Waals surface area contributed by atoms with E-state index in [2.05, 4.69) is 68.0 Å². The molecule has 0 unspecified atom stereocenters. The zero-order valence-electron chi connectivity index (χ0n) is 21.7. The Hall–Kier alpha value is -3.65. The summed E-state index contributed by atoms with van der Waals surface area (Å²) >= 11 is 6.05. The Morgan fingerprint density at radius 3 is 1.74 bits per heavy atom. The molecule has 5 heteroatoms. The van der Waals surface area contributed by atoms with Crippen molar-refractivity contribution in [3.05, 3.63) is 95.5 Å². The van der Waals surface area contributed by atoms with Crippen molar-refractivity contribution < 1.29 is 4.79 Å². The molecule has 0 saturated carbocycles. The van der Waals surface area contributed by atoms with Crippen LogP contribution in [0.5, 0.6) is 0 Å². The van der Waals surface area contributed by atoms with Crippen LogP contribution in [0.15, 0.2) is 84.9 Å². The molecule has 0 aliphatic heterocycles. The summed E-state index contributed by atoms with van der Waals surface area (Å²) in [6.07, 6.45) is 8.00. The first kappa shape index (κ1) is 33.5. The number of hydrogen-bond donors (Lipinski definition) is 1. The van der Waals surface area contributed by atoms with E-state index >= 15 is 0 Å². The van der Waals surface area contributed by atoms with E-state index in [1.165, 1.54) is 12.6 Å². The maximum atomic E-state index is 8.00. The normalized spacial score (nSPS) is 8.40. The first-order valence-corrected chi connectivity index (χ1v) is 11.8. The Labute approximate surface area is 216 Å². The van der Waals surface area contributed by atoms with Crippen molar-refractivity contribution in [2.75, 3.05) is 7.05 Å². The van der Waals surface area contributed by atoms with Crippen LogP contribution in [0.2, 0.25) is 5.02 Å². The predicted octanol–water partition coefficient (Wildman–Crippen LogP) is 7.86. The van der Waals surface area contributed by atoms with Gasteiger partial charge in [-0.2, -0.15) is 5.10 Å².